The fraction of sp³-hybridized carbons (Fsp3) is 0.391. The number of nitrogens with one attached hydrogen (secondary N) is 1. The van der Waals surface area contributed by atoms with Crippen molar-refractivity contribution in [2.24, 2.45) is 5.92 Å². The highest BCUT2D eigenvalue weighted by Gasteiger charge is 2.22. The lowest BCUT2D eigenvalue weighted by atomic mass is 10.1. The van der Waals surface area contributed by atoms with Gasteiger partial charge in [-0.25, -0.2) is 4.79 Å². The molecule has 1 heterocycles. The van der Waals surface area contributed by atoms with Gasteiger partial charge in [0.05, 0.1) is 24.0 Å². The molecule has 0 aliphatic carbocycles. The first-order valence-electron chi connectivity index (χ1n) is 10.2. The van der Waals surface area contributed by atoms with Gasteiger partial charge in [0.1, 0.15) is 5.75 Å². The number of benzene rings is 2. The largest absolute Gasteiger partial charge is 0.495 e. The molecule has 1 aliphatic heterocycles. The van der Waals surface area contributed by atoms with E-state index in [2.05, 4.69) is 15.1 Å². The third-order valence-electron chi connectivity index (χ3n) is 5.17. The molecule has 30 heavy (non-hydrogen) atoms. The lowest BCUT2D eigenvalue weighted by Gasteiger charge is -2.38. The van der Waals surface area contributed by atoms with E-state index in [0.717, 1.165) is 43.3 Å². The predicted octanol–water partition coefficient (Wildman–Crippen LogP) is 3.70. The van der Waals surface area contributed by atoms with Crippen LogP contribution in [0.2, 0.25) is 0 Å². The van der Waals surface area contributed by atoms with E-state index >= 15 is 0 Å². The van der Waals surface area contributed by atoms with Crippen molar-refractivity contribution < 1.29 is 19.4 Å². The summed E-state index contributed by atoms with van der Waals surface area (Å²) in [5.74, 6) is -0.173. The number of hydrogen-bond acceptors (Lipinski definition) is 5. The molecule has 1 fully saturated rings. The van der Waals surface area contributed by atoms with E-state index in [1.54, 1.807) is 19.2 Å². The Balaban J connectivity index is 1.72. The first kappa shape index (κ1) is 21.5. The number of aromatic carboxylic acids is 1. The number of carboxylic acid groups (broad SMARTS) is 1. The fourth-order valence-electron chi connectivity index (χ4n) is 3.68. The SMILES string of the molecule is COc1ccccc1N1CCN(c2ccc(NC(=O)CC(C)C)c(C(=O)O)c2)CC1. The molecule has 0 aromatic heterocycles. The van der Waals surface area contributed by atoms with Gasteiger partial charge in [0.15, 0.2) is 0 Å². The van der Waals surface area contributed by atoms with E-state index in [4.69, 9.17) is 4.74 Å². The monoisotopic (exact) mass is 411 g/mol. The van der Waals surface area contributed by atoms with Crippen molar-refractivity contribution in [3.63, 3.8) is 0 Å². The average Bonchev–Trinajstić information content (AvgIpc) is 2.73. The van der Waals surface area contributed by atoms with Crippen LogP contribution in [0.1, 0.15) is 30.6 Å². The molecule has 1 saturated heterocycles. The summed E-state index contributed by atoms with van der Waals surface area (Å²) in [5.41, 5.74) is 2.35. The van der Waals surface area contributed by atoms with Crippen LogP contribution in [-0.4, -0.2) is 50.3 Å². The van der Waals surface area contributed by atoms with Crippen molar-refractivity contribution in [3.05, 3.63) is 48.0 Å². The summed E-state index contributed by atoms with van der Waals surface area (Å²) in [5, 5.41) is 12.4. The zero-order valence-corrected chi connectivity index (χ0v) is 17.7. The lowest BCUT2D eigenvalue weighted by molar-refractivity contribution is -0.116. The van der Waals surface area contributed by atoms with Gasteiger partial charge in [0, 0.05) is 38.3 Å². The Morgan fingerprint density at radius 1 is 1.07 bits per heavy atom. The highest BCUT2D eigenvalue weighted by molar-refractivity contribution is 6.01. The molecular weight excluding hydrogens is 382 g/mol. The van der Waals surface area contributed by atoms with E-state index < -0.39 is 5.97 Å². The van der Waals surface area contributed by atoms with E-state index in [1.165, 1.54) is 0 Å². The molecule has 0 spiro atoms. The van der Waals surface area contributed by atoms with Gasteiger partial charge in [-0.05, 0) is 36.2 Å². The Morgan fingerprint density at radius 3 is 2.37 bits per heavy atom. The normalized spacial score (nSPS) is 14.0. The number of ether oxygens (including phenoxy) is 1. The van der Waals surface area contributed by atoms with E-state index in [0.29, 0.717) is 12.1 Å². The molecule has 2 N–H and O–H groups in total. The third-order valence-corrected chi connectivity index (χ3v) is 5.17. The van der Waals surface area contributed by atoms with Crippen LogP contribution in [0, 0.1) is 5.92 Å². The van der Waals surface area contributed by atoms with E-state index in [-0.39, 0.29) is 17.4 Å². The lowest BCUT2D eigenvalue weighted by Crippen LogP contribution is -2.46. The maximum absolute atomic E-state index is 12.1. The van der Waals surface area contributed by atoms with E-state index in [1.807, 2.05) is 44.2 Å². The topological polar surface area (TPSA) is 82.1 Å². The number of anilines is 3. The second-order valence-electron chi connectivity index (χ2n) is 7.83. The fourth-order valence-corrected chi connectivity index (χ4v) is 3.68. The Morgan fingerprint density at radius 2 is 1.73 bits per heavy atom. The first-order chi connectivity index (χ1) is 14.4. The summed E-state index contributed by atoms with van der Waals surface area (Å²) in [6, 6.07) is 13.1. The van der Waals surface area contributed by atoms with Crippen LogP contribution in [0.5, 0.6) is 5.75 Å². The van der Waals surface area contributed by atoms with Crippen LogP contribution in [-0.2, 0) is 4.79 Å². The molecule has 160 valence electrons. The van der Waals surface area contributed by atoms with Crippen molar-refractivity contribution in [1.82, 2.24) is 0 Å². The van der Waals surface area contributed by atoms with Crippen molar-refractivity contribution in [2.45, 2.75) is 20.3 Å². The van der Waals surface area contributed by atoms with Gasteiger partial charge >= 0.3 is 5.97 Å². The van der Waals surface area contributed by atoms with Crippen LogP contribution in [0.25, 0.3) is 0 Å². The minimum absolute atomic E-state index is 0.108. The number of carboxylic acids is 1. The summed E-state index contributed by atoms with van der Waals surface area (Å²) in [6.45, 7) is 7.02. The molecular formula is C23H29N3O4. The van der Waals surface area contributed by atoms with Crippen LogP contribution < -0.4 is 19.9 Å². The van der Waals surface area contributed by atoms with Crippen molar-refractivity contribution in [2.75, 3.05) is 48.4 Å². The number of hydrogen-bond donors (Lipinski definition) is 2. The van der Waals surface area contributed by atoms with Gasteiger partial charge in [-0.1, -0.05) is 26.0 Å². The minimum Gasteiger partial charge on any atom is -0.495 e. The molecule has 0 radical (unpaired) electrons. The molecule has 0 bridgehead atoms. The number of carbonyl (C=O) groups excluding carboxylic acids is 1. The molecule has 0 unspecified atom stereocenters. The summed E-state index contributed by atoms with van der Waals surface area (Å²) in [7, 11) is 1.67. The second kappa shape index (κ2) is 9.52. The average molecular weight is 412 g/mol. The maximum atomic E-state index is 12.1. The van der Waals surface area contributed by atoms with Gasteiger partial charge in [-0.15, -0.1) is 0 Å². The molecule has 2 aromatic carbocycles. The predicted molar refractivity (Wildman–Crippen MR) is 119 cm³/mol. The number of nitrogens with zero attached hydrogens (tertiary/aromatic N) is 2. The maximum Gasteiger partial charge on any atom is 0.337 e. The molecule has 2 aromatic rings. The molecule has 7 heteroatoms. The highest BCUT2D eigenvalue weighted by Crippen LogP contribution is 2.30. The second-order valence-corrected chi connectivity index (χ2v) is 7.83. The van der Waals surface area contributed by atoms with Gasteiger partial charge in [-0.2, -0.15) is 0 Å². The van der Waals surface area contributed by atoms with E-state index in [9.17, 15) is 14.7 Å². The van der Waals surface area contributed by atoms with Crippen LogP contribution in [0.15, 0.2) is 42.5 Å². The van der Waals surface area contributed by atoms with Gasteiger partial charge in [0.25, 0.3) is 0 Å². The quantitative estimate of drug-likeness (QED) is 0.723. The first-order valence-corrected chi connectivity index (χ1v) is 10.2. The highest BCUT2D eigenvalue weighted by atomic mass is 16.5. The molecule has 0 saturated carbocycles. The molecule has 0 atom stereocenters. The number of para-hydroxylation sites is 2. The standard InChI is InChI=1S/C23H29N3O4/c1-16(2)14-22(27)24-19-9-8-17(15-18(19)23(28)29)25-10-12-26(13-11-25)20-6-4-5-7-21(20)30-3/h4-9,15-16H,10-14H2,1-3H3,(H,24,27)(H,28,29). The van der Waals surface area contributed by atoms with Gasteiger partial charge < -0.3 is 25.0 Å². The Kier molecular flexibility index (Phi) is 6.82. The number of rotatable bonds is 7. The van der Waals surface area contributed by atoms with Crippen molar-refractivity contribution in [3.8, 4) is 5.75 Å². The van der Waals surface area contributed by atoms with Gasteiger partial charge in [-0.3, -0.25) is 4.79 Å². The zero-order valence-electron chi connectivity index (χ0n) is 17.7. The summed E-state index contributed by atoms with van der Waals surface area (Å²) >= 11 is 0. The Bertz CT molecular complexity index is 905. The van der Waals surface area contributed by atoms with Crippen LogP contribution in [0.4, 0.5) is 17.1 Å². The third kappa shape index (κ3) is 5.03. The van der Waals surface area contributed by atoms with Crippen LogP contribution >= 0.6 is 0 Å². The zero-order chi connectivity index (χ0) is 21.7. The number of methoxy groups -OCH3 is 1. The number of piperazine rings is 1. The molecule has 3 rings (SSSR count). The number of carbonyl (C=O) groups is 2. The van der Waals surface area contributed by atoms with Crippen molar-refractivity contribution in [1.29, 1.82) is 0 Å². The molecule has 1 aliphatic rings. The summed E-state index contributed by atoms with van der Waals surface area (Å²) in [4.78, 5) is 28.3. The van der Waals surface area contributed by atoms with Gasteiger partial charge in [0.2, 0.25) is 5.91 Å². The van der Waals surface area contributed by atoms with Crippen LogP contribution in [0.3, 0.4) is 0 Å². The Hall–Kier alpha value is -3.22. The summed E-state index contributed by atoms with van der Waals surface area (Å²) in [6.07, 6.45) is 0.353. The van der Waals surface area contributed by atoms with Crippen molar-refractivity contribution >= 4 is 28.9 Å². The minimum atomic E-state index is -1.05. The smallest absolute Gasteiger partial charge is 0.337 e. The number of amides is 1. The Labute approximate surface area is 177 Å². The molecule has 7 nitrogen and oxygen atoms in total. The molecule has 1 amide bonds. The summed E-state index contributed by atoms with van der Waals surface area (Å²) < 4.78 is 5.47.